The molecule has 0 aliphatic carbocycles. The first-order valence-electron chi connectivity index (χ1n) is 11.8. The number of aryl methyl sites for hydroxylation is 2. The van der Waals surface area contributed by atoms with E-state index in [2.05, 4.69) is 66.9 Å². The highest BCUT2D eigenvalue weighted by Gasteiger charge is 2.08. The van der Waals surface area contributed by atoms with E-state index in [1.165, 1.54) is 27.8 Å². The Labute approximate surface area is 193 Å². The third-order valence-corrected chi connectivity index (χ3v) is 4.56. The Morgan fingerprint density at radius 3 is 1.90 bits per heavy atom. The summed E-state index contributed by atoms with van der Waals surface area (Å²) >= 11 is 0. The molecule has 0 aliphatic heterocycles. The zero-order valence-corrected chi connectivity index (χ0v) is 21.9. The van der Waals surface area contributed by atoms with Crippen molar-refractivity contribution in [2.75, 3.05) is 21.1 Å². The van der Waals surface area contributed by atoms with E-state index in [-0.39, 0.29) is 5.78 Å². The van der Waals surface area contributed by atoms with Crippen molar-refractivity contribution >= 4 is 5.78 Å². The molecule has 2 aromatic rings. The minimum atomic E-state index is 0.287. The molecule has 0 fully saturated rings. The molecule has 0 aromatic heterocycles. The number of rotatable bonds is 8. The van der Waals surface area contributed by atoms with E-state index in [4.69, 9.17) is 0 Å². The van der Waals surface area contributed by atoms with Gasteiger partial charge in [0.15, 0.2) is 0 Å². The van der Waals surface area contributed by atoms with Gasteiger partial charge < -0.3 is 15.4 Å². The predicted octanol–water partition coefficient (Wildman–Crippen LogP) is 6.82. The first-order chi connectivity index (χ1) is 14.9. The van der Waals surface area contributed by atoms with E-state index in [1.807, 2.05) is 48.8 Å². The third kappa shape index (κ3) is 13.9. The average molecular weight is 429 g/mol. The summed E-state index contributed by atoms with van der Waals surface area (Å²) < 4.78 is 0. The average Bonchev–Trinajstić information content (AvgIpc) is 2.77. The maximum atomic E-state index is 11.2. The summed E-state index contributed by atoms with van der Waals surface area (Å²) in [6.45, 7) is 14.9. The summed E-state index contributed by atoms with van der Waals surface area (Å²) in [5.74, 6) is 0.737. The molecular weight excluding hydrogens is 380 g/mol. The van der Waals surface area contributed by atoms with Crippen LogP contribution in [0.4, 0.5) is 0 Å². The Bertz CT molecular complexity index is 693. The number of carbonyl (C=O) groups excluding carboxylic acids is 1. The van der Waals surface area contributed by atoms with Crippen molar-refractivity contribution in [1.82, 2.24) is 10.6 Å². The molecule has 0 saturated carbocycles. The number of hydrogen-bond donors (Lipinski definition) is 2. The van der Waals surface area contributed by atoms with Crippen LogP contribution in [0.25, 0.3) is 11.1 Å². The molecule has 0 heterocycles. The minimum Gasteiger partial charge on any atom is -0.323 e. The molecule has 3 nitrogen and oxygen atoms in total. The first-order valence-corrected chi connectivity index (χ1v) is 11.8. The van der Waals surface area contributed by atoms with E-state index in [0.717, 1.165) is 19.4 Å². The molecule has 1 atom stereocenters. The second kappa shape index (κ2) is 20.0. The van der Waals surface area contributed by atoms with Crippen molar-refractivity contribution in [3.8, 4) is 11.1 Å². The summed E-state index contributed by atoms with van der Waals surface area (Å²) in [5, 5.41) is 5.93. The van der Waals surface area contributed by atoms with Gasteiger partial charge in [-0.05, 0) is 81.6 Å². The molecular formula is C28H48N2O. The molecule has 31 heavy (non-hydrogen) atoms. The molecule has 2 rings (SSSR count). The lowest BCUT2D eigenvalue weighted by Gasteiger charge is -2.13. The molecule has 0 amide bonds. The van der Waals surface area contributed by atoms with Crippen molar-refractivity contribution in [1.29, 1.82) is 0 Å². The van der Waals surface area contributed by atoms with E-state index < -0.39 is 0 Å². The molecule has 0 spiro atoms. The number of benzene rings is 2. The van der Waals surface area contributed by atoms with Crippen molar-refractivity contribution in [2.24, 2.45) is 5.92 Å². The molecule has 0 saturated heterocycles. The maximum Gasteiger partial charge on any atom is 0.130 e. The minimum absolute atomic E-state index is 0.287. The molecule has 0 aliphatic rings. The summed E-state index contributed by atoms with van der Waals surface area (Å²) in [5.41, 5.74) is 6.55. The van der Waals surface area contributed by atoms with E-state index in [9.17, 15) is 4.79 Å². The fraction of sp³-hybridized carbons (Fsp3) is 0.536. The maximum absolute atomic E-state index is 11.2. The Morgan fingerprint density at radius 1 is 0.903 bits per heavy atom. The van der Waals surface area contributed by atoms with Crippen molar-refractivity contribution in [3.05, 3.63) is 59.2 Å². The van der Waals surface area contributed by atoms with Gasteiger partial charge in [0, 0.05) is 13.0 Å². The van der Waals surface area contributed by atoms with Crippen LogP contribution >= 0.6 is 0 Å². The highest BCUT2D eigenvalue weighted by atomic mass is 16.1. The predicted molar refractivity (Wildman–Crippen MR) is 140 cm³/mol. The van der Waals surface area contributed by atoms with Gasteiger partial charge in [0.1, 0.15) is 5.78 Å². The van der Waals surface area contributed by atoms with Gasteiger partial charge in [-0.2, -0.15) is 0 Å². The Balaban J connectivity index is 0. The van der Waals surface area contributed by atoms with Crippen LogP contribution in [-0.2, 0) is 17.8 Å². The monoisotopic (exact) mass is 428 g/mol. The highest BCUT2D eigenvalue weighted by molar-refractivity contribution is 5.75. The van der Waals surface area contributed by atoms with Crippen LogP contribution in [0.3, 0.4) is 0 Å². The number of ketones is 1. The largest absolute Gasteiger partial charge is 0.323 e. The standard InChI is InChI=1S/C22H29NO.C2H7N.2C2H6/c1-16(13-18(3)24)5-9-21-14-22(10-6-17(21)2)20-11-7-19(8-12-20)15-23-4;1-3-2;2*1-2/h6-8,10-12,14,16,23H,5,9,13,15H2,1-4H3;3H,1-2H3;2*1-2H3/t16-;;;/m0.../s1. The van der Waals surface area contributed by atoms with Crippen LogP contribution in [0.1, 0.15) is 71.1 Å². The van der Waals surface area contributed by atoms with Crippen molar-refractivity contribution < 1.29 is 4.79 Å². The van der Waals surface area contributed by atoms with Gasteiger partial charge in [-0.1, -0.05) is 77.1 Å². The lowest BCUT2D eigenvalue weighted by Crippen LogP contribution is -2.04. The number of nitrogens with one attached hydrogen (secondary N) is 2. The topological polar surface area (TPSA) is 41.1 Å². The fourth-order valence-corrected chi connectivity index (χ4v) is 3.13. The summed E-state index contributed by atoms with van der Waals surface area (Å²) in [7, 11) is 5.72. The lowest BCUT2D eigenvalue weighted by molar-refractivity contribution is -0.117. The van der Waals surface area contributed by atoms with E-state index >= 15 is 0 Å². The third-order valence-electron chi connectivity index (χ3n) is 4.56. The Hall–Kier alpha value is -1.97. The molecule has 0 radical (unpaired) electrons. The first kappa shape index (κ1) is 31.2. The van der Waals surface area contributed by atoms with Gasteiger partial charge >= 0.3 is 0 Å². The highest BCUT2D eigenvalue weighted by Crippen LogP contribution is 2.25. The van der Waals surface area contributed by atoms with Gasteiger partial charge in [-0.25, -0.2) is 0 Å². The van der Waals surface area contributed by atoms with Crippen molar-refractivity contribution in [2.45, 2.75) is 74.3 Å². The summed E-state index contributed by atoms with van der Waals surface area (Å²) in [6.07, 6.45) is 2.78. The normalized spacial score (nSPS) is 10.4. The molecule has 2 aromatic carbocycles. The SMILES string of the molecule is CC.CC.CNC.CNCc1ccc(-c2ccc(C)c(CC[C@H](C)CC(C)=O)c2)cc1. The van der Waals surface area contributed by atoms with Crippen LogP contribution in [0.5, 0.6) is 0 Å². The van der Waals surface area contributed by atoms with Crippen LogP contribution in [0.2, 0.25) is 0 Å². The number of carbonyl (C=O) groups is 1. The van der Waals surface area contributed by atoms with Gasteiger partial charge in [0.2, 0.25) is 0 Å². The van der Waals surface area contributed by atoms with Crippen LogP contribution < -0.4 is 10.6 Å². The Kier molecular flexibility index (Phi) is 20.1. The molecule has 0 unspecified atom stereocenters. The smallest absolute Gasteiger partial charge is 0.130 e. The van der Waals surface area contributed by atoms with E-state index in [0.29, 0.717) is 12.3 Å². The summed E-state index contributed by atoms with van der Waals surface area (Å²) in [6, 6.07) is 15.5. The van der Waals surface area contributed by atoms with Crippen molar-refractivity contribution in [3.63, 3.8) is 0 Å². The molecule has 176 valence electrons. The van der Waals surface area contributed by atoms with Gasteiger partial charge in [-0.3, -0.25) is 0 Å². The molecule has 3 heteroatoms. The molecule has 2 N–H and O–H groups in total. The summed E-state index contributed by atoms with van der Waals surface area (Å²) in [4.78, 5) is 11.2. The van der Waals surface area contributed by atoms with Gasteiger partial charge in [0.25, 0.3) is 0 Å². The van der Waals surface area contributed by atoms with Gasteiger partial charge in [0.05, 0.1) is 0 Å². The van der Waals surface area contributed by atoms with E-state index in [1.54, 1.807) is 6.92 Å². The Morgan fingerprint density at radius 2 is 1.42 bits per heavy atom. The fourth-order valence-electron chi connectivity index (χ4n) is 3.13. The lowest BCUT2D eigenvalue weighted by atomic mass is 9.92. The second-order valence-electron chi connectivity index (χ2n) is 7.42. The zero-order valence-electron chi connectivity index (χ0n) is 21.9. The van der Waals surface area contributed by atoms with Crippen LogP contribution in [0.15, 0.2) is 42.5 Å². The number of hydrogen-bond acceptors (Lipinski definition) is 3. The van der Waals surface area contributed by atoms with Crippen LogP contribution in [-0.4, -0.2) is 26.9 Å². The quantitative estimate of drug-likeness (QED) is 0.485. The van der Waals surface area contributed by atoms with Crippen LogP contribution in [0, 0.1) is 12.8 Å². The zero-order chi connectivity index (χ0) is 24.2. The molecule has 0 bridgehead atoms. The number of Topliss-reactive ketones (excluding diaryl/α,β-unsaturated/α-hetero) is 1. The van der Waals surface area contributed by atoms with Gasteiger partial charge in [-0.15, -0.1) is 0 Å². The second-order valence-corrected chi connectivity index (χ2v) is 7.42.